The Bertz CT molecular complexity index is 693. The van der Waals surface area contributed by atoms with Gasteiger partial charge in [-0.3, -0.25) is 0 Å². The van der Waals surface area contributed by atoms with Crippen LogP contribution >= 0.6 is 38.7 Å². The van der Waals surface area contributed by atoms with Gasteiger partial charge >= 0.3 is 31.2 Å². The zero-order chi connectivity index (χ0) is 16.7. The number of hydrogen-bond acceptors (Lipinski definition) is 6. The van der Waals surface area contributed by atoms with Crippen LogP contribution in [0, 0.1) is 0 Å². The molecule has 0 spiro atoms. The molecule has 0 N–H and O–H groups in total. The molecule has 6 nitrogen and oxygen atoms in total. The van der Waals surface area contributed by atoms with E-state index in [1.165, 1.54) is 4.52 Å². The van der Waals surface area contributed by atoms with Crippen molar-refractivity contribution in [3.63, 3.8) is 0 Å². The van der Waals surface area contributed by atoms with E-state index in [4.69, 9.17) is 0 Å². The van der Waals surface area contributed by atoms with Crippen LogP contribution in [-0.2, 0) is 4.52 Å². The van der Waals surface area contributed by atoms with Gasteiger partial charge in [0.25, 0.3) is 0 Å². The summed E-state index contributed by atoms with van der Waals surface area (Å²) in [7, 11) is -29.4. The summed E-state index contributed by atoms with van der Waals surface area (Å²) in [4.78, 5) is 0. The van der Waals surface area contributed by atoms with Crippen LogP contribution in [0.1, 0.15) is 0 Å². The van der Waals surface area contributed by atoms with Crippen molar-refractivity contribution in [1.29, 1.82) is 0 Å². The summed E-state index contributed by atoms with van der Waals surface area (Å²) in [5.74, 6) is 0. The fourth-order valence-electron chi connectivity index (χ4n) is 0.952. The van der Waals surface area contributed by atoms with Crippen molar-refractivity contribution in [1.82, 2.24) is 0 Å². The van der Waals surface area contributed by atoms with E-state index in [1.54, 1.807) is 4.52 Å². The van der Waals surface area contributed by atoms with Gasteiger partial charge in [0.2, 0.25) is 7.52 Å². The van der Waals surface area contributed by atoms with E-state index in [2.05, 4.69) is 13.6 Å². The first-order valence-electron chi connectivity index (χ1n) is 4.39. The third-order valence-corrected chi connectivity index (χ3v) is 11.4. The van der Waals surface area contributed by atoms with Crippen molar-refractivity contribution >= 4 is 38.7 Å². The van der Waals surface area contributed by atoms with E-state index in [9.17, 15) is 33.6 Å². The zero-order valence-electron chi connectivity index (χ0n) is 9.90. The predicted molar refractivity (Wildman–Crippen MR) is 68.5 cm³/mol. The molecule has 0 bridgehead atoms. The van der Waals surface area contributed by atoms with Gasteiger partial charge < -0.3 is 4.52 Å². The average Bonchev–Trinajstić information content (AvgIpc) is 2.06. The molecule has 19 heteroatoms. The van der Waals surface area contributed by atoms with Crippen LogP contribution in [0.3, 0.4) is 0 Å². The molecule has 0 amide bonds. The maximum Gasteiger partial charge on any atom is 0.425 e. The molecule has 0 radical (unpaired) electrons. The van der Waals surface area contributed by atoms with E-state index in [-0.39, 0.29) is 6.66 Å². The van der Waals surface area contributed by atoms with Crippen LogP contribution in [0.25, 0.3) is 0 Å². The minimum atomic E-state index is -6.55. The lowest BCUT2D eigenvalue weighted by atomic mass is 11.8. The fraction of sp³-hybridized carbons (Fsp3) is 1.00. The van der Waals surface area contributed by atoms with Crippen molar-refractivity contribution in [2.24, 2.45) is 22.6 Å². The first kappa shape index (κ1) is 19.6. The van der Waals surface area contributed by atoms with Gasteiger partial charge in [-0.2, -0.15) is 17.4 Å². The molecule has 0 saturated heterocycles. The summed E-state index contributed by atoms with van der Waals surface area (Å²) in [5, 5.41) is 0. The smallest absolute Gasteiger partial charge is 0.307 e. The second-order valence-electron chi connectivity index (χ2n) is 3.28. The van der Waals surface area contributed by atoms with Crippen LogP contribution < -0.4 is 0 Å². The molecule has 0 aromatic carbocycles. The largest absolute Gasteiger partial charge is 0.425 e. The molecular formula is C2H6F8N5OP5. The molecule has 0 fully saturated rings. The third-order valence-electron chi connectivity index (χ3n) is 1.43. The van der Waals surface area contributed by atoms with Gasteiger partial charge in [0.05, 0.1) is 0 Å². The van der Waals surface area contributed by atoms with Crippen molar-refractivity contribution in [2.75, 3.05) is 13.8 Å². The van der Waals surface area contributed by atoms with E-state index in [0.717, 1.165) is 0 Å². The lowest BCUT2D eigenvalue weighted by Crippen LogP contribution is -1.76. The lowest BCUT2D eigenvalue weighted by molar-refractivity contribution is 0.421. The molecule has 0 aromatic heterocycles. The first-order valence-corrected chi connectivity index (χ1v) is 12.4. The van der Waals surface area contributed by atoms with E-state index in [0.29, 0.717) is 7.11 Å². The second-order valence-corrected chi connectivity index (χ2v) is 12.5. The molecule has 1 rings (SSSR count). The van der Waals surface area contributed by atoms with Crippen LogP contribution in [0.2, 0.25) is 0 Å². The summed E-state index contributed by atoms with van der Waals surface area (Å²) in [6.45, 7) is 0.255. The maximum atomic E-state index is 13.8. The Kier molecular flexibility index (Phi) is 5.49. The van der Waals surface area contributed by atoms with Crippen molar-refractivity contribution in [2.45, 2.75) is 0 Å². The summed E-state index contributed by atoms with van der Waals surface area (Å²) in [6, 6.07) is 0. The molecule has 0 saturated carbocycles. The van der Waals surface area contributed by atoms with Crippen LogP contribution in [-0.4, -0.2) is 13.8 Å². The SMILES string of the molecule is COP1(F)=NP(F)(F)=NP(F)(F)=NP(F)(F)=NP(C)(F)=N1. The quantitative estimate of drug-likeness (QED) is 0.307. The molecule has 2 unspecified atom stereocenters. The molecule has 1 aliphatic rings. The topological polar surface area (TPSA) is 71.0 Å². The summed E-state index contributed by atoms with van der Waals surface area (Å²) >= 11 is 0. The highest BCUT2D eigenvalue weighted by molar-refractivity contribution is 7.79. The lowest BCUT2D eigenvalue weighted by Gasteiger charge is -2.14. The highest BCUT2D eigenvalue weighted by Crippen LogP contribution is 2.81. The van der Waals surface area contributed by atoms with Gasteiger partial charge in [-0.15, -0.1) is 38.7 Å². The summed E-state index contributed by atoms with van der Waals surface area (Å²) < 4.78 is 120. The Hall–Kier alpha value is 0.550. The van der Waals surface area contributed by atoms with E-state index < -0.39 is 38.7 Å². The van der Waals surface area contributed by atoms with Crippen LogP contribution in [0.4, 0.5) is 33.6 Å². The normalized spacial score (nSPS) is 37.8. The Labute approximate surface area is 114 Å². The van der Waals surface area contributed by atoms with E-state index in [1.807, 2.05) is 4.52 Å². The highest BCUT2D eigenvalue weighted by atomic mass is 31.3. The maximum absolute atomic E-state index is 13.8. The molecule has 0 aliphatic carbocycles. The van der Waals surface area contributed by atoms with E-state index >= 15 is 0 Å². The average molecular weight is 423 g/mol. The molecular weight excluding hydrogens is 417 g/mol. The van der Waals surface area contributed by atoms with Gasteiger partial charge in [0, 0.05) is 13.8 Å². The Morgan fingerprint density at radius 1 is 0.619 bits per heavy atom. The van der Waals surface area contributed by atoms with Crippen molar-refractivity contribution in [3.05, 3.63) is 0 Å². The summed E-state index contributed by atoms with van der Waals surface area (Å²) in [6.07, 6.45) is 0. The Balaban J connectivity index is 3.99. The minimum absolute atomic E-state index is 0.255. The van der Waals surface area contributed by atoms with Gasteiger partial charge in [0.15, 0.2) is 0 Å². The molecule has 2 atom stereocenters. The van der Waals surface area contributed by atoms with Crippen LogP contribution in [0.15, 0.2) is 22.6 Å². The van der Waals surface area contributed by atoms with Crippen molar-refractivity contribution in [3.8, 4) is 0 Å². The number of halogens is 8. The van der Waals surface area contributed by atoms with Crippen LogP contribution in [0.5, 0.6) is 0 Å². The molecule has 21 heavy (non-hydrogen) atoms. The second kappa shape index (κ2) is 5.88. The Morgan fingerprint density at radius 3 is 1.43 bits per heavy atom. The third kappa shape index (κ3) is 6.28. The first-order chi connectivity index (χ1) is 9.10. The zero-order valence-corrected chi connectivity index (χ0v) is 14.4. The fourth-order valence-corrected chi connectivity index (χ4v) is 10.2. The summed E-state index contributed by atoms with van der Waals surface area (Å²) in [5.41, 5.74) is 0. The minimum Gasteiger partial charge on any atom is -0.307 e. The van der Waals surface area contributed by atoms with Gasteiger partial charge in [-0.25, -0.2) is 0 Å². The predicted octanol–water partition coefficient (Wildman–Crippen LogP) is 8.85. The standard InChI is InChI=1S/C2H6F8N5OP5/c1-16-21(10)12-17(2,3)11-18(4,5)13-19(6,7)14-20(8,9)15-21/h1-2H3. The number of hydrogen-bond donors (Lipinski definition) is 0. The van der Waals surface area contributed by atoms with Gasteiger partial charge in [0.1, 0.15) is 0 Å². The molecule has 0 aromatic rings. The molecule has 126 valence electrons. The molecule has 1 heterocycles. The van der Waals surface area contributed by atoms with Crippen molar-refractivity contribution < 1.29 is 38.1 Å². The van der Waals surface area contributed by atoms with Gasteiger partial charge in [-0.1, -0.05) is 0 Å². The number of rotatable bonds is 1. The van der Waals surface area contributed by atoms with Gasteiger partial charge in [-0.05, 0) is 0 Å². The molecule has 1 aliphatic heterocycles. The highest BCUT2D eigenvalue weighted by Gasteiger charge is 2.38. The monoisotopic (exact) mass is 423 g/mol. The Morgan fingerprint density at radius 2 is 1.00 bits per heavy atom. The number of nitrogens with zero attached hydrogens (tertiary/aromatic N) is 5.